The van der Waals surface area contributed by atoms with Crippen molar-refractivity contribution in [1.82, 2.24) is 14.9 Å². The van der Waals surface area contributed by atoms with Crippen molar-refractivity contribution >= 4 is 27.2 Å². The van der Waals surface area contributed by atoms with Gasteiger partial charge in [0.25, 0.3) is 5.69 Å². The number of rotatable bonds is 6. The second-order valence-corrected chi connectivity index (χ2v) is 8.66. The SMILES string of the molecule is CCC.CN(C)Cc1ccc(-c2cc3nccc(Oc4ccc([N+](=O)[O-])cc4F)c3s2)nc1. The molecule has 0 saturated carbocycles. The van der Waals surface area contributed by atoms with E-state index in [9.17, 15) is 14.5 Å². The van der Waals surface area contributed by atoms with E-state index in [2.05, 4.69) is 28.7 Å². The molecule has 33 heavy (non-hydrogen) atoms. The van der Waals surface area contributed by atoms with Crippen LogP contribution in [0, 0.1) is 15.9 Å². The van der Waals surface area contributed by atoms with Crippen LogP contribution in [0.15, 0.2) is 54.9 Å². The Bertz CT molecular complexity index is 1240. The minimum Gasteiger partial charge on any atom is -0.453 e. The summed E-state index contributed by atoms with van der Waals surface area (Å²) in [4.78, 5) is 22.0. The van der Waals surface area contributed by atoms with Gasteiger partial charge in [0, 0.05) is 31.1 Å². The first-order valence-electron chi connectivity index (χ1n) is 10.4. The van der Waals surface area contributed by atoms with E-state index in [0.717, 1.165) is 33.4 Å². The summed E-state index contributed by atoms with van der Waals surface area (Å²) in [5.41, 5.74) is 2.30. The molecule has 0 aliphatic heterocycles. The maximum absolute atomic E-state index is 14.2. The summed E-state index contributed by atoms with van der Waals surface area (Å²) in [5, 5.41) is 10.8. The summed E-state index contributed by atoms with van der Waals surface area (Å²) in [6, 6.07) is 10.8. The molecule has 0 bridgehead atoms. The molecule has 0 saturated heterocycles. The molecule has 0 atom stereocenters. The van der Waals surface area contributed by atoms with Crippen LogP contribution in [0.5, 0.6) is 11.5 Å². The van der Waals surface area contributed by atoms with Crippen LogP contribution in [0.3, 0.4) is 0 Å². The standard InChI is InChI=1S/C21H17FN4O3S.C3H8/c1-25(2)12-13-3-5-16(24-11-13)20-10-17-21(30-20)19(7-8-23-17)29-18-6-4-14(26(27)28)9-15(18)22;1-3-2/h3-11H,12H2,1-2H3;3H2,1-2H3. The summed E-state index contributed by atoms with van der Waals surface area (Å²) < 4.78 is 20.7. The molecule has 0 N–H and O–H groups in total. The van der Waals surface area contributed by atoms with Crippen molar-refractivity contribution in [1.29, 1.82) is 0 Å². The number of fused-ring (bicyclic) bond motifs is 1. The molecule has 0 spiro atoms. The number of ether oxygens (including phenoxy) is 1. The number of thiophene rings is 1. The molecule has 0 aliphatic carbocycles. The van der Waals surface area contributed by atoms with Crippen LogP contribution in [0.2, 0.25) is 0 Å². The Morgan fingerprint density at radius 2 is 1.85 bits per heavy atom. The molecule has 3 aromatic heterocycles. The number of aromatic nitrogens is 2. The summed E-state index contributed by atoms with van der Waals surface area (Å²) in [6.07, 6.45) is 4.67. The minimum atomic E-state index is -0.802. The zero-order valence-electron chi connectivity index (χ0n) is 18.9. The molecule has 0 radical (unpaired) electrons. The fourth-order valence-electron chi connectivity index (χ4n) is 2.95. The second-order valence-electron chi connectivity index (χ2n) is 7.60. The number of hydrogen-bond donors (Lipinski definition) is 0. The number of non-ortho nitro benzene ring substituents is 1. The van der Waals surface area contributed by atoms with Crippen molar-refractivity contribution in [2.75, 3.05) is 14.1 Å². The Kier molecular flexibility index (Phi) is 8.02. The Hall–Kier alpha value is -3.43. The molecular weight excluding hydrogens is 443 g/mol. The van der Waals surface area contributed by atoms with Gasteiger partial charge < -0.3 is 9.64 Å². The summed E-state index contributed by atoms with van der Waals surface area (Å²) in [5.74, 6) is -0.466. The van der Waals surface area contributed by atoms with Crippen molar-refractivity contribution in [3.63, 3.8) is 0 Å². The lowest BCUT2D eigenvalue weighted by molar-refractivity contribution is -0.385. The molecule has 172 valence electrons. The number of nitro benzene ring substituents is 1. The number of pyridine rings is 2. The van der Waals surface area contributed by atoms with Gasteiger partial charge in [0.1, 0.15) is 5.75 Å². The average molecular weight is 469 g/mol. The number of benzene rings is 1. The highest BCUT2D eigenvalue weighted by Crippen LogP contribution is 2.39. The highest BCUT2D eigenvalue weighted by atomic mass is 32.1. The van der Waals surface area contributed by atoms with Crippen molar-refractivity contribution in [3.05, 3.63) is 76.4 Å². The zero-order valence-corrected chi connectivity index (χ0v) is 19.7. The lowest BCUT2D eigenvalue weighted by atomic mass is 10.2. The molecule has 7 nitrogen and oxygen atoms in total. The van der Waals surface area contributed by atoms with Crippen LogP contribution in [-0.2, 0) is 6.54 Å². The van der Waals surface area contributed by atoms with Crippen LogP contribution in [0.25, 0.3) is 20.8 Å². The quantitative estimate of drug-likeness (QED) is 0.232. The van der Waals surface area contributed by atoms with Crippen molar-refractivity contribution in [2.24, 2.45) is 0 Å². The summed E-state index contributed by atoms with van der Waals surface area (Å²) in [7, 11) is 4.00. The molecule has 0 fully saturated rings. The van der Waals surface area contributed by atoms with Gasteiger partial charge in [-0.15, -0.1) is 11.3 Å². The highest BCUT2D eigenvalue weighted by molar-refractivity contribution is 7.22. The monoisotopic (exact) mass is 468 g/mol. The van der Waals surface area contributed by atoms with Gasteiger partial charge >= 0.3 is 0 Å². The maximum atomic E-state index is 14.2. The Labute approximate surface area is 195 Å². The van der Waals surface area contributed by atoms with E-state index in [1.165, 1.54) is 29.9 Å². The van der Waals surface area contributed by atoms with E-state index < -0.39 is 10.7 Å². The number of nitro groups is 1. The van der Waals surface area contributed by atoms with Gasteiger partial charge in [0.15, 0.2) is 11.6 Å². The molecule has 0 amide bonds. The first-order chi connectivity index (χ1) is 15.8. The van der Waals surface area contributed by atoms with Crippen LogP contribution >= 0.6 is 11.3 Å². The molecule has 1 aromatic carbocycles. The van der Waals surface area contributed by atoms with Gasteiger partial charge in [-0.1, -0.05) is 26.3 Å². The van der Waals surface area contributed by atoms with Gasteiger partial charge in [-0.3, -0.25) is 20.1 Å². The molecule has 9 heteroatoms. The molecule has 4 aromatic rings. The number of hydrogen-bond acceptors (Lipinski definition) is 7. The van der Waals surface area contributed by atoms with Gasteiger partial charge in [-0.25, -0.2) is 4.39 Å². The molecule has 0 unspecified atom stereocenters. The van der Waals surface area contributed by atoms with E-state index in [0.29, 0.717) is 11.3 Å². The third-order valence-corrected chi connectivity index (χ3v) is 5.46. The van der Waals surface area contributed by atoms with Crippen LogP contribution in [0.4, 0.5) is 10.1 Å². The first-order valence-corrected chi connectivity index (χ1v) is 11.2. The van der Waals surface area contributed by atoms with Crippen molar-refractivity contribution in [3.8, 4) is 22.1 Å². The maximum Gasteiger partial charge on any atom is 0.272 e. The lowest BCUT2D eigenvalue weighted by Gasteiger charge is -2.09. The normalized spacial score (nSPS) is 10.7. The van der Waals surface area contributed by atoms with Gasteiger partial charge in [-0.2, -0.15) is 0 Å². The minimum absolute atomic E-state index is 0.0887. The van der Waals surface area contributed by atoms with E-state index in [1.54, 1.807) is 12.3 Å². The number of nitrogens with zero attached hydrogens (tertiary/aromatic N) is 4. The molecule has 3 heterocycles. The largest absolute Gasteiger partial charge is 0.453 e. The van der Waals surface area contributed by atoms with Gasteiger partial charge in [0.2, 0.25) is 0 Å². The van der Waals surface area contributed by atoms with E-state index >= 15 is 0 Å². The lowest BCUT2D eigenvalue weighted by Crippen LogP contribution is -2.10. The summed E-state index contributed by atoms with van der Waals surface area (Å²) in [6.45, 7) is 5.06. The molecular formula is C24H25FN4O3S. The van der Waals surface area contributed by atoms with E-state index in [-0.39, 0.29) is 11.4 Å². The predicted octanol–water partition coefficient (Wildman–Crippen LogP) is 6.68. The summed E-state index contributed by atoms with van der Waals surface area (Å²) >= 11 is 1.44. The zero-order chi connectivity index (χ0) is 24.0. The van der Waals surface area contributed by atoms with Crippen LogP contribution < -0.4 is 4.74 Å². The van der Waals surface area contributed by atoms with Crippen molar-refractivity contribution < 1.29 is 14.1 Å². The Balaban J connectivity index is 0.000000968. The van der Waals surface area contributed by atoms with Crippen LogP contribution in [-0.4, -0.2) is 33.9 Å². The van der Waals surface area contributed by atoms with E-state index in [1.807, 2.05) is 38.5 Å². The fraction of sp³-hybridized carbons (Fsp3) is 0.250. The fourth-order valence-corrected chi connectivity index (χ4v) is 4.00. The van der Waals surface area contributed by atoms with Crippen LogP contribution in [0.1, 0.15) is 25.8 Å². The Morgan fingerprint density at radius 1 is 1.09 bits per heavy atom. The number of halogens is 1. The highest BCUT2D eigenvalue weighted by Gasteiger charge is 2.16. The topological polar surface area (TPSA) is 81.4 Å². The second kappa shape index (κ2) is 10.9. The third-order valence-electron chi connectivity index (χ3n) is 4.30. The molecule has 0 aliphatic rings. The Morgan fingerprint density at radius 3 is 2.45 bits per heavy atom. The first kappa shape index (κ1) is 24.2. The van der Waals surface area contributed by atoms with Gasteiger partial charge in [-0.05, 0) is 37.9 Å². The predicted molar refractivity (Wildman–Crippen MR) is 129 cm³/mol. The van der Waals surface area contributed by atoms with Gasteiger partial charge in [0.05, 0.1) is 31.8 Å². The van der Waals surface area contributed by atoms with Crippen molar-refractivity contribution in [2.45, 2.75) is 26.8 Å². The third kappa shape index (κ3) is 6.09. The molecule has 4 rings (SSSR count). The smallest absolute Gasteiger partial charge is 0.272 e. The van der Waals surface area contributed by atoms with E-state index in [4.69, 9.17) is 4.74 Å². The average Bonchev–Trinajstić information content (AvgIpc) is 3.21.